The number of fused-ring (bicyclic) bond motifs is 1. The Morgan fingerprint density at radius 3 is 2.00 bits per heavy atom. The number of hydrogen-bond acceptors (Lipinski definition) is 2. The van der Waals surface area contributed by atoms with Gasteiger partial charge in [0, 0.05) is 30.9 Å². The van der Waals surface area contributed by atoms with Crippen LogP contribution in [0.1, 0.15) is 37.5 Å². The number of benzene rings is 2. The van der Waals surface area contributed by atoms with Crippen molar-refractivity contribution in [2.24, 2.45) is 0 Å². The Labute approximate surface area is 127 Å². The highest BCUT2D eigenvalue weighted by molar-refractivity contribution is 5.52. The van der Waals surface area contributed by atoms with Crippen LogP contribution in [0.2, 0.25) is 0 Å². The van der Waals surface area contributed by atoms with Crippen molar-refractivity contribution in [2.45, 2.75) is 45.9 Å². The first kappa shape index (κ1) is 14.2. The van der Waals surface area contributed by atoms with Gasteiger partial charge in [-0.05, 0) is 49.6 Å². The van der Waals surface area contributed by atoms with E-state index in [4.69, 9.17) is 0 Å². The average Bonchev–Trinajstić information content (AvgIpc) is 2.89. The number of anilines is 1. The third kappa shape index (κ3) is 3.45. The Morgan fingerprint density at radius 2 is 1.48 bits per heavy atom. The smallest absolute Gasteiger partial charge is 0.0436 e. The third-order valence-corrected chi connectivity index (χ3v) is 3.97. The van der Waals surface area contributed by atoms with E-state index in [0.29, 0.717) is 0 Å². The minimum atomic E-state index is 0.162. The van der Waals surface area contributed by atoms with E-state index in [1.165, 1.54) is 22.4 Å². The van der Waals surface area contributed by atoms with Crippen molar-refractivity contribution >= 4 is 5.69 Å². The van der Waals surface area contributed by atoms with Gasteiger partial charge in [0.05, 0.1) is 0 Å². The van der Waals surface area contributed by atoms with E-state index >= 15 is 0 Å². The Balaban J connectivity index is 1.66. The monoisotopic (exact) mass is 280 g/mol. The van der Waals surface area contributed by atoms with E-state index in [1.54, 1.807) is 0 Å². The zero-order valence-corrected chi connectivity index (χ0v) is 13.2. The highest BCUT2D eigenvalue weighted by Gasteiger charge is 2.18. The van der Waals surface area contributed by atoms with E-state index in [-0.39, 0.29) is 5.54 Å². The molecule has 1 N–H and O–H groups in total. The molecule has 1 aliphatic heterocycles. The zero-order valence-electron chi connectivity index (χ0n) is 13.2. The minimum absolute atomic E-state index is 0.162. The second-order valence-electron chi connectivity index (χ2n) is 6.89. The minimum Gasteiger partial charge on any atom is -0.363 e. The fourth-order valence-corrected chi connectivity index (χ4v) is 2.71. The Morgan fingerprint density at radius 1 is 0.905 bits per heavy atom. The molecule has 1 heterocycles. The van der Waals surface area contributed by atoms with Gasteiger partial charge in [0.2, 0.25) is 0 Å². The highest BCUT2D eigenvalue weighted by atomic mass is 15.1. The largest absolute Gasteiger partial charge is 0.363 e. The molecule has 21 heavy (non-hydrogen) atoms. The molecule has 3 rings (SSSR count). The summed E-state index contributed by atoms with van der Waals surface area (Å²) in [5.74, 6) is 0. The molecule has 2 nitrogen and oxygen atoms in total. The van der Waals surface area contributed by atoms with Crippen LogP contribution in [-0.4, -0.2) is 5.54 Å². The van der Waals surface area contributed by atoms with Crippen LogP contribution in [0.4, 0.5) is 5.69 Å². The van der Waals surface area contributed by atoms with Crippen molar-refractivity contribution in [3.05, 3.63) is 65.2 Å². The van der Waals surface area contributed by atoms with Crippen LogP contribution in [-0.2, 0) is 19.6 Å². The summed E-state index contributed by atoms with van der Waals surface area (Å²) >= 11 is 0. The lowest BCUT2D eigenvalue weighted by Gasteiger charge is -2.21. The molecule has 2 heteroatoms. The lowest BCUT2D eigenvalue weighted by atomic mass is 10.1. The van der Waals surface area contributed by atoms with Crippen molar-refractivity contribution in [3.8, 4) is 0 Å². The molecule has 0 unspecified atom stereocenters. The quantitative estimate of drug-likeness (QED) is 0.910. The Bertz CT molecular complexity index is 583. The van der Waals surface area contributed by atoms with Gasteiger partial charge >= 0.3 is 0 Å². The van der Waals surface area contributed by atoms with E-state index in [2.05, 4.69) is 79.5 Å². The molecule has 1 aliphatic rings. The van der Waals surface area contributed by atoms with Crippen LogP contribution in [0, 0.1) is 0 Å². The first-order valence-electron chi connectivity index (χ1n) is 7.67. The van der Waals surface area contributed by atoms with Gasteiger partial charge in [0.15, 0.2) is 0 Å². The molecule has 0 fully saturated rings. The molecule has 2 aromatic rings. The van der Waals surface area contributed by atoms with Gasteiger partial charge in [0.25, 0.3) is 0 Å². The molecule has 0 saturated carbocycles. The molecule has 0 atom stereocenters. The summed E-state index contributed by atoms with van der Waals surface area (Å²) in [6.07, 6.45) is 0. The maximum absolute atomic E-state index is 3.53. The fraction of sp³-hybridized carbons (Fsp3) is 0.368. The molecule has 0 spiro atoms. The lowest BCUT2D eigenvalue weighted by Crippen LogP contribution is -2.35. The summed E-state index contributed by atoms with van der Waals surface area (Å²) in [7, 11) is 0. The number of nitrogens with zero attached hydrogens (tertiary/aromatic N) is 1. The summed E-state index contributed by atoms with van der Waals surface area (Å²) in [5.41, 5.74) is 5.72. The van der Waals surface area contributed by atoms with Crippen molar-refractivity contribution in [1.82, 2.24) is 5.32 Å². The van der Waals surface area contributed by atoms with E-state index in [1.807, 2.05) is 0 Å². The van der Waals surface area contributed by atoms with Gasteiger partial charge < -0.3 is 10.2 Å². The van der Waals surface area contributed by atoms with E-state index in [0.717, 1.165) is 19.6 Å². The van der Waals surface area contributed by atoms with E-state index < -0.39 is 0 Å². The van der Waals surface area contributed by atoms with Crippen molar-refractivity contribution in [3.63, 3.8) is 0 Å². The van der Waals surface area contributed by atoms with Gasteiger partial charge in [-0.1, -0.05) is 36.4 Å². The molecular formula is C19H24N2. The van der Waals surface area contributed by atoms with Crippen molar-refractivity contribution < 1.29 is 0 Å². The molecule has 2 aromatic carbocycles. The van der Waals surface area contributed by atoms with Crippen molar-refractivity contribution in [2.75, 3.05) is 4.90 Å². The zero-order chi connectivity index (χ0) is 14.9. The topological polar surface area (TPSA) is 15.3 Å². The van der Waals surface area contributed by atoms with Crippen LogP contribution in [0.5, 0.6) is 0 Å². The summed E-state index contributed by atoms with van der Waals surface area (Å²) < 4.78 is 0. The Hall–Kier alpha value is -1.80. The average molecular weight is 280 g/mol. The van der Waals surface area contributed by atoms with Crippen molar-refractivity contribution in [1.29, 1.82) is 0 Å². The predicted molar refractivity (Wildman–Crippen MR) is 89.4 cm³/mol. The molecule has 0 radical (unpaired) electrons. The summed E-state index contributed by atoms with van der Waals surface area (Å²) in [4.78, 5) is 2.44. The van der Waals surface area contributed by atoms with Crippen LogP contribution in [0.25, 0.3) is 0 Å². The summed E-state index contributed by atoms with van der Waals surface area (Å²) in [6, 6.07) is 17.7. The number of hydrogen-bond donors (Lipinski definition) is 1. The van der Waals surface area contributed by atoms with Gasteiger partial charge in [-0.15, -0.1) is 0 Å². The van der Waals surface area contributed by atoms with Crippen LogP contribution in [0.3, 0.4) is 0 Å². The standard InChI is InChI=1S/C19H24N2/c1-19(2,3)20-12-15-8-10-18(11-9-15)21-13-16-6-4-5-7-17(16)14-21/h4-11,20H,12-14H2,1-3H3. The van der Waals surface area contributed by atoms with Gasteiger partial charge in [0.1, 0.15) is 0 Å². The SMILES string of the molecule is CC(C)(C)NCc1ccc(N2Cc3ccccc3C2)cc1. The third-order valence-electron chi connectivity index (χ3n) is 3.97. The maximum Gasteiger partial charge on any atom is 0.0436 e. The van der Waals surface area contributed by atoms with Crippen LogP contribution in [0.15, 0.2) is 48.5 Å². The predicted octanol–water partition coefficient (Wildman–Crippen LogP) is 4.09. The molecular weight excluding hydrogens is 256 g/mol. The number of nitrogens with one attached hydrogen (secondary N) is 1. The van der Waals surface area contributed by atoms with Gasteiger partial charge in [-0.3, -0.25) is 0 Å². The molecule has 0 aromatic heterocycles. The lowest BCUT2D eigenvalue weighted by molar-refractivity contribution is 0.424. The molecule has 0 aliphatic carbocycles. The first-order valence-corrected chi connectivity index (χ1v) is 7.67. The molecule has 0 bridgehead atoms. The maximum atomic E-state index is 3.53. The second kappa shape index (κ2) is 5.53. The normalized spacial score (nSPS) is 14.3. The van der Waals surface area contributed by atoms with Gasteiger partial charge in [-0.2, -0.15) is 0 Å². The first-order chi connectivity index (χ1) is 10.0. The molecule has 0 amide bonds. The van der Waals surface area contributed by atoms with E-state index in [9.17, 15) is 0 Å². The van der Waals surface area contributed by atoms with Crippen LogP contribution >= 0.6 is 0 Å². The fourth-order valence-electron chi connectivity index (χ4n) is 2.71. The molecule has 110 valence electrons. The summed E-state index contributed by atoms with van der Waals surface area (Å²) in [6.45, 7) is 9.56. The summed E-state index contributed by atoms with van der Waals surface area (Å²) in [5, 5.41) is 3.53. The molecule has 0 saturated heterocycles. The number of rotatable bonds is 3. The highest BCUT2D eigenvalue weighted by Crippen LogP contribution is 2.28. The van der Waals surface area contributed by atoms with Gasteiger partial charge in [-0.25, -0.2) is 0 Å². The second-order valence-corrected chi connectivity index (χ2v) is 6.89. The Kier molecular flexibility index (Phi) is 3.73. The van der Waals surface area contributed by atoms with Crippen LogP contribution < -0.4 is 10.2 Å².